The first-order valence-corrected chi connectivity index (χ1v) is 9.68. The van der Waals surface area contributed by atoms with Crippen molar-refractivity contribution in [1.29, 1.82) is 0 Å². The summed E-state index contributed by atoms with van der Waals surface area (Å²) in [5.41, 5.74) is -0.854. The van der Waals surface area contributed by atoms with E-state index in [1.807, 2.05) is 0 Å². The fourth-order valence-corrected chi connectivity index (χ4v) is 3.60. The summed E-state index contributed by atoms with van der Waals surface area (Å²) in [4.78, 5) is 27.3. The van der Waals surface area contributed by atoms with E-state index in [9.17, 15) is 14.7 Å². The quantitative estimate of drug-likeness (QED) is 0.644. The Morgan fingerprint density at radius 2 is 1.88 bits per heavy atom. The number of rotatable bonds is 7. The van der Waals surface area contributed by atoms with Crippen molar-refractivity contribution in [3.05, 3.63) is 0 Å². The standard InChI is InChI=1S/C18H33N3O4/c1-2-3-7-15(14-22)19-16(23)18(8-5-4-6-9-18)20-17(24)21-10-12-25-13-11-21/h15,22H,2-14H2,1H3,(H,19,23)(H,20,24)/t15-/m0/s1. The van der Waals surface area contributed by atoms with E-state index in [1.165, 1.54) is 0 Å². The molecule has 1 saturated carbocycles. The molecular formula is C18H33N3O4. The van der Waals surface area contributed by atoms with Crippen molar-refractivity contribution >= 4 is 11.9 Å². The molecule has 3 N–H and O–H groups in total. The van der Waals surface area contributed by atoms with Gasteiger partial charge in [-0.05, 0) is 19.3 Å². The van der Waals surface area contributed by atoms with Crippen LogP contribution < -0.4 is 10.6 Å². The molecule has 25 heavy (non-hydrogen) atoms. The number of carbonyl (C=O) groups excluding carboxylic acids is 2. The molecule has 0 aromatic rings. The number of nitrogens with one attached hydrogen (secondary N) is 2. The molecule has 0 spiro atoms. The highest BCUT2D eigenvalue weighted by atomic mass is 16.5. The van der Waals surface area contributed by atoms with Crippen molar-refractivity contribution in [2.75, 3.05) is 32.9 Å². The lowest BCUT2D eigenvalue weighted by Gasteiger charge is -2.39. The molecular weight excluding hydrogens is 322 g/mol. The average Bonchev–Trinajstić information content (AvgIpc) is 2.66. The summed E-state index contributed by atoms with van der Waals surface area (Å²) < 4.78 is 5.29. The van der Waals surface area contributed by atoms with E-state index in [0.717, 1.165) is 38.5 Å². The van der Waals surface area contributed by atoms with Gasteiger partial charge >= 0.3 is 6.03 Å². The second-order valence-corrected chi connectivity index (χ2v) is 7.17. The molecule has 0 aromatic heterocycles. The zero-order chi connectivity index (χ0) is 18.1. The van der Waals surface area contributed by atoms with Gasteiger partial charge in [0.05, 0.1) is 25.9 Å². The van der Waals surface area contributed by atoms with Gasteiger partial charge in [-0.25, -0.2) is 4.79 Å². The summed E-state index contributed by atoms with van der Waals surface area (Å²) in [5.74, 6) is -0.149. The minimum atomic E-state index is -0.854. The Morgan fingerprint density at radius 1 is 1.20 bits per heavy atom. The number of hydrogen-bond donors (Lipinski definition) is 3. The van der Waals surface area contributed by atoms with Crippen LogP contribution in [-0.2, 0) is 9.53 Å². The summed E-state index contributed by atoms with van der Waals surface area (Å²) in [6.07, 6.45) is 6.98. The number of aliphatic hydroxyl groups is 1. The highest BCUT2D eigenvalue weighted by Crippen LogP contribution is 2.29. The van der Waals surface area contributed by atoms with Crippen LogP contribution in [-0.4, -0.2) is 66.4 Å². The summed E-state index contributed by atoms with van der Waals surface area (Å²) in [6.45, 7) is 4.20. The van der Waals surface area contributed by atoms with Crippen LogP contribution in [0.4, 0.5) is 4.79 Å². The van der Waals surface area contributed by atoms with Gasteiger partial charge in [0.1, 0.15) is 5.54 Å². The third kappa shape index (κ3) is 5.57. The Hall–Kier alpha value is -1.34. The van der Waals surface area contributed by atoms with Gasteiger partial charge < -0.3 is 25.4 Å². The summed E-state index contributed by atoms with van der Waals surface area (Å²) in [7, 11) is 0. The number of hydrogen-bond acceptors (Lipinski definition) is 4. The number of aliphatic hydroxyl groups excluding tert-OH is 1. The minimum absolute atomic E-state index is 0.0702. The van der Waals surface area contributed by atoms with Crippen LogP contribution in [0.1, 0.15) is 58.3 Å². The van der Waals surface area contributed by atoms with Crippen LogP contribution in [0, 0.1) is 0 Å². The van der Waals surface area contributed by atoms with E-state index in [-0.39, 0.29) is 24.6 Å². The fourth-order valence-electron chi connectivity index (χ4n) is 3.60. The lowest BCUT2D eigenvalue weighted by Crippen LogP contribution is -2.64. The van der Waals surface area contributed by atoms with Crippen molar-refractivity contribution in [3.63, 3.8) is 0 Å². The molecule has 2 aliphatic rings. The molecule has 2 fully saturated rings. The molecule has 7 heteroatoms. The molecule has 1 aliphatic carbocycles. The third-order valence-corrected chi connectivity index (χ3v) is 5.25. The molecule has 2 rings (SSSR count). The second kappa shape index (κ2) is 9.97. The van der Waals surface area contributed by atoms with E-state index >= 15 is 0 Å². The van der Waals surface area contributed by atoms with Crippen molar-refractivity contribution in [2.45, 2.75) is 69.9 Å². The Kier molecular flexibility index (Phi) is 7.96. The van der Waals surface area contributed by atoms with Gasteiger partial charge in [0.2, 0.25) is 5.91 Å². The van der Waals surface area contributed by atoms with Gasteiger partial charge in [-0.3, -0.25) is 4.79 Å². The summed E-state index contributed by atoms with van der Waals surface area (Å²) in [6, 6.07) is -0.430. The fraction of sp³-hybridized carbons (Fsp3) is 0.889. The third-order valence-electron chi connectivity index (χ3n) is 5.25. The first-order chi connectivity index (χ1) is 12.1. The molecule has 0 aromatic carbocycles. The first kappa shape index (κ1) is 20.0. The van der Waals surface area contributed by atoms with Gasteiger partial charge in [0.25, 0.3) is 0 Å². The lowest BCUT2D eigenvalue weighted by molar-refractivity contribution is -0.129. The predicted molar refractivity (Wildman–Crippen MR) is 95.3 cm³/mol. The van der Waals surface area contributed by atoms with E-state index in [0.29, 0.717) is 39.1 Å². The van der Waals surface area contributed by atoms with E-state index < -0.39 is 5.54 Å². The number of morpholine rings is 1. The van der Waals surface area contributed by atoms with Crippen LogP contribution in [0.15, 0.2) is 0 Å². The molecule has 1 aliphatic heterocycles. The van der Waals surface area contributed by atoms with Crippen molar-refractivity contribution in [3.8, 4) is 0 Å². The summed E-state index contributed by atoms with van der Waals surface area (Å²) in [5, 5.41) is 15.5. The van der Waals surface area contributed by atoms with Gasteiger partial charge in [-0.15, -0.1) is 0 Å². The van der Waals surface area contributed by atoms with Gasteiger partial charge in [-0.1, -0.05) is 39.0 Å². The molecule has 1 saturated heterocycles. The molecule has 144 valence electrons. The van der Waals surface area contributed by atoms with Crippen molar-refractivity contribution in [2.24, 2.45) is 0 Å². The smallest absolute Gasteiger partial charge is 0.318 e. The highest BCUT2D eigenvalue weighted by Gasteiger charge is 2.42. The normalized spacial score (nSPS) is 21.4. The van der Waals surface area contributed by atoms with Crippen LogP contribution in [0.5, 0.6) is 0 Å². The maximum absolute atomic E-state index is 13.0. The van der Waals surface area contributed by atoms with Gasteiger partial charge in [-0.2, -0.15) is 0 Å². The van der Waals surface area contributed by atoms with Gasteiger partial charge in [0.15, 0.2) is 0 Å². The maximum Gasteiger partial charge on any atom is 0.318 e. The second-order valence-electron chi connectivity index (χ2n) is 7.17. The predicted octanol–water partition coefficient (Wildman–Crippen LogP) is 1.40. The zero-order valence-electron chi connectivity index (χ0n) is 15.4. The van der Waals surface area contributed by atoms with Crippen molar-refractivity contribution < 1.29 is 19.4 Å². The minimum Gasteiger partial charge on any atom is -0.394 e. The molecule has 0 unspecified atom stereocenters. The number of ether oxygens (including phenoxy) is 1. The largest absolute Gasteiger partial charge is 0.394 e. The average molecular weight is 355 g/mol. The first-order valence-electron chi connectivity index (χ1n) is 9.68. The van der Waals surface area contributed by atoms with Crippen molar-refractivity contribution in [1.82, 2.24) is 15.5 Å². The lowest BCUT2D eigenvalue weighted by atomic mass is 9.80. The number of unbranched alkanes of at least 4 members (excludes halogenated alkanes) is 1. The van der Waals surface area contributed by atoms with E-state index in [2.05, 4.69) is 17.6 Å². The molecule has 1 heterocycles. The van der Waals surface area contributed by atoms with Crippen LogP contribution >= 0.6 is 0 Å². The topological polar surface area (TPSA) is 90.9 Å². The van der Waals surface area contributed by atoms with Crippen LogP contribution in [0.2, 0.25) is 0 Å². The monoisotopic (exact) mass is 355 g/mol. The Morgan fingerprint density at radius 3 is 2.48 bits per heavy atom. The van der Waals surface area contributed by atoms with Crippen LogP contribution in [0.3, 0.4) is 0 Å². The maximum atomic E-state index is 13.0. The van der Waals surface area contributed by atoms with Crippen LogP contribution in [0.25, 0.3) is 0 Å². The Bertz CT molecular complexity index is 432. The molecule has 3 amide bonds. The zero-order valence-corrected chi connectivity index (χ0v) is 15.4. The molecule has 7 nitrogen and oxygen atoms in total. The number of carbonyl (C=O) groups is 2. The van der Waals surface area contributed by atoms with Gasteiger partial charge in [0, 0.05) is 13.1 Å². The van der Waals surface area contributed by atoms with E-state index in [1.54, 1.807) is 4.90 Å². The Balaban J connectivity index is 2.02. The SMILES string of the molecule is CCCC[C@@H](CO)NC(=O)C1(NC(=O)N2CCOCC2)CCCCC1. The highest BCUT2D eigenvalue weighted by molar-refractivity contribution is 5.91. The molecule has 0 radical (unpaired) electrons. The van der Waals surface area contributed by atoms with E-state index in [4.69, 9.17) is 4.74 Å². The number of amides is 3. The molecule has 1 atom stereocenters. The Labute approximate surface area is 150 Å². The molecule has 0 bridgehead atoms. The number of urea groups is 1. The number of nitrogens with zero attached hydrogens (tertiary/aromatic N) is 1. The summed E-state index contributed by atoms with van der Waals surface area (Å²) >= 11 is 0.